The maximum atomic E-state index is 12.1. The summed E-state index contributed by atoms with van der Waals surface area (Å²) in [6.07, 6.45) is 1.20. The van der Waals surface area contributed by atoms with E-state index in [9.17, 15) is 13.2 Å². The van der Waals surface area contributed by atoms with E-state index in [4.69, 9.17) is 4.74 Å². The van der Waals surface area contributed by atoms with Crippen molar-refractivity contribution in [3.63, 3.8) is 0 Å². The molecule has 6 nitrogen and oxygen atoms in total. The molecular weight excluding hydrogens is 304 g/mol. The molecule has 1 heterocycles. The van der Waals surface area contributed by atoms with Gasteiger partial charge in [-0.2, -0.15) is 0 Å². The molecule has 1 amide bonds. The first-order chi connectivity index (χ1) is 10.4. The van der Waals surface area contributed by atoms with Crippen molar-refractivity contribution in [2.75, 3.05) is 18.5 Å². The highest BCUT2D eigenvalue weighted by Crippen LogP contribution is 2.17. The molecule has 2 N–H and O–H groups in total. The van der Waals surface area contributed by atoms with Crippen molar-refractivity contribution < 1.29 is 17.9 Å². The summed E-state index contributed by atoms with van der Waals surface area (Å²) in [6.45, 7) is 4.87. The molecular formula is C15H22N2O4S. The zero-order valence-corrected chi connectivity index (χ0v) is 13.7. The largest absolute Gasteiger partial charge is 0.368 e. The average Bonchev–Trinajstić information content (AvgIpc) is 3.00. The molecule has 2 rings (SSSR count). The third-order valence-electron chi connectivity index (χ3n) is 3.34. The van der Waals surface area contributed by atoms with Gasteiger partial charge in [0.05, 0.1) is 4.90 Å². The molecule has 1 aromatic rings. The lowest BCUT2D eigenvalue weighted by atomic mass is 10.2. The van der Waals surface area contributed by atoms with Crippen LogP contribution in [0.15, 0.2) is 29.2 Å². The van der Waals surface area contributed by atoms with Crippen molar-refractivity contribution in [1.29, 1.82) is 0 Å². The highest BCUT2D eigenvalue weighted by molar-refractivity contribution is 7.89. The number of hydrogen-bond donors (Lipinski definition) is 2. The van der Waals surface area contributed by atoms with Crippen molar-refractivity contribution >= 4 is 21.6 Å². The first-order valence-electron chi connectivity index (χ1n) is 7.40. The molecule has 0 aromatic heterocycles. The number of amides is 1. The Balaban J connectivity index is 1.99. The Hall–Kier alpha value is -1.44. The maximum absolute atomic E-state index is 12.1. The van der Waals surface area contributed by atoms with E-state index < -0.39 is 16.1 Å². The van der Waals surface area contributed by atoms with Crippen LogP contribution in [0.3, 0.4) is 0 Å². The lowest BCUT2D eigenvalue weighted by Gasteiger charge is -2.12. The van der Waals surface area contributed by atoms with Gasteiger partial charge in [0, 0.05) is 18.8 Å². The number of carbonyl (C=O) groups is 1. The fourth-order valence-electron chi connectivity index (χ4n) is 2.08. The van der Waals surface area contributed by atoms with Crippen LogP contribution in [0.4, 0.5) is 5.69 Å². The van der Waals surface area contributed by atoms with E-state index >= 15 is 0 Å². The van der Waals surface area contributed by atoms with Crippen LogP contribution in [-0.2, 0) is 19.6 Å². The second-order valence-corrected chi connectivity index (χ2v) is 7.53. The average molecular weight is 326 g/mol. The van der Waals surface area contributed by atoms with Gasteiger partial charge in [0.1, 0.15) is 6.10 Å². The molecule has 1 aromatic carbocycles. The number of benzene rings is 1. The molecule has 122 valence electrons. The first kappa shape index (κ1) is 16.9. The van der Waals surface area contributed by atoms with E-state index in [0.29, 0.717) is 18.8 Å². The molecule has 1 fully saturated rings. The topological polar surface area (TPSA) is 84.5 Å². The van der Waals surface area contributed by atoms with Crippen LogP contribution in [0.5, 0.6) is 0 Å². The number of sulfonamides is 1. The highest BCUT2D eigenvalue weighted by atomic mass is 32.2. The lowest BCUT2D eigenvalue weighted by molar-refractivity contribution is -0.124. The molecule has 7 heteroatoms. The Labute approximate surface area is 131 Å². The van der Waals surface area contributed by atoms with Gasteiger partial charge < -0.3 is 10.1 Å². The van der Waals surface area contributed by atoms with E-state index in [2.05, 4.69) is 10.0 Å². The number of anilines is 1. The van der Waals surface area contributed by atoms with Crippen molar-refractivity contribution in [2.45, 2.75) is 37.7 Å². The van der Waals surface area contributed by atoms with E-state index in [0.717, 1.165) is 12.8 Å². The number of nitrogens with one attached hydrogen (secondary N) is 2. The van der Waals surface area contributed by atoms with Crippen LogP contribution >= 0.6 is 0 Å². The third kappa shape index (κ3) is 4.53. The van der Waals surface area contributed by atoms with E-state index in [1.165, 1.54) is 12.1 Å². The Morgan fingerprint density at radius 2 is 2.00 bits per heavy atom. The van der Waals surface area contributed by atoms with Gasteiger partial charge in [-0.05, 0) is 43.0 Å². The SMILES string of the molecule is CC(C)CNS(=O)(=O)c1ccc(NC(=O)[C@H]2CCCO2)cc1. The number of hydrogen-bond acceptors (Lipinski definition) is 4. The molecule has 22 heavy (non-hydrogen) atoms. The fourth-order valence-corrected chi connectivity index (χ4v) is 3.30. The van der Waals surface area contributed by atoms with Gasteiger partial charge in [-0.1, -0.05) is 13.8 Å². The van der Waals surface area contributed by atoms with Crippen molar-refractivity contribution in [2.24, 2.45) is 5.92 Å². The van der Waals surface area contributed by atoms with Gasteiger partial charge in [0.25, 0.3) is 5.91 Å². The van der Waals surface area contributed by atoms with Crippen LogP contribution in [0, 0.1) is 5.92 Å². The predicted molar refractivity (Wildman–Crippen MR) is 84.1 cm³/mol. The van der Waals surface area contributed by atoms with E-state index in [1.807, 2.05) is 13.8 Å². The van der Waals surface area contributed by atoms with Crippen LogP contribution in [0.1, 0.15) is 26.7 Å². The summed E-state index contributed by atoms with van der Waals surface area (Å²) >= 11 is 0. The Bertz CT molecular complexity index is 605. The summed E-state index contributed by atoms with van der Waals surface area (Å²) in [5, 5.41) is 2.73. The molecule has 0 radical (unpaired) electrons. The number of rotatable bonds is 6. The van der Waals surface area contributed by atoms with Crippen molar-refractivity contribution in [3.8, 4) is 0 Å². The summed E-state index contributed by atoms with van der Waals surface area (Å²) in [5.74, 6) is 0.0470. The van der Waals surface area contributed by atoms with Gasteiger partial charge in [-0.25, -0.2) is 13.1 Å². The Kier molecular flexibility index (Phi) is 5.55. The van der Waals surface area contributed by atoms with Gasteiger partial charge in [-0.3, -0.25) is 4.79 Å². The molecule has 0 unspecified atom stereocenters. The van der Waals surface area contributed by atoms with Gasteiger partial charge in [0.15, 0.2) is 0 Å². The summed E-state index contributed by atoms with van der Waals surface area (Å²) < 4.78 is 32.0. The van der Waals surface area contributed by atoms with Crippen LogP contribution in [0.2, 0.25) is 0 Å². The smallest absolute Gasteiger partial charge is 0.253 e. The normalized spacial score (nSPS) is 18.6. The van der Waals surface area contributed by atoms with Crippen LogP contribution < -0.4 is 10.0 Å². The zero-order chi connectivity index (χ0) is 16.2. The highest BCUT2D eigenvalue weighted by Gasteiger charge is 2.23. The summed E-state index contributed by atoms with van der Waals surface area (Å²) in [7, 11) is -3.50. The summed E-state index contributed by atoms with van der Waals surface area (Å²) in [4.78, 5) is 12.1. The summed E-state index contributed by atoms with van der Waals surface area (Å²) in [5.41, 5.74) is 0.559. The molecule has 1 atom stereocenters. The van der Waals surface area contributed by atoms with Crippen molar-refractivity contribution in [1.82, 2.24) is 4.72 Å². The van der Waals surface area contributed by atoms with E-state index in [1.54, 1.807) is 12.1 Å². The quantitative estimate of drug-likeness (QED) is 0.834. The molecule has 0 saturated carbocycles. The molecule has 1 saturated heterocycles. The van der Waals surface area contributed by atoms with Gasteiger partial charge in [-0.15, -0.1) is 0 Å². The molecule has 0 spiro atoms. The molecule has 0 bridgehead atoms. The van der Waals surface area contributed by atoms with Gasteiger partial charge in [0.2, 0.25) is 10.0 Å². The molecule has 1 aliphatic heterocycles. The maximum Gasteiger partial charge on any atom is 0.253 e. The molecule has 1 aliphatic rings. The minimum absolute atomic E-state index is 0.184. The Morgan fingerprint density at radius 3 is 2.55 bits per heavy atom. The second-order valence-electron chi connectivity index (χ2n) is 5.76. The third-order valence-corrected chi connectivity index (χ3v) is 4.78. The van der Waals surface area contributed by atoms with Gasteiger partial charge >= 0.3 is 0 Å². The minimum Gasteiger partial charge on any atom is -0.368 e. The van der Waals surface area contributed by atoms with E-state index in [-0.39, 0.29) is 16.7 Å². The fraction of sp³-hybridized carbons (Fsp3) is 0.533. The minimum atomic E-state index is -3.50. The lowest BCUT2D eigenvalue weighted by Crippen LogP contribution is -2.28. The van der Waals surface area contributed by atoms with Crippen LogP contribution in [-0.4, -0.2) is 33.6 Å². The number of ether oxygens (including phenoxy) is 1. The zero-order valence-electron chi connectivity index (χ0n) is 12.8. The monoisotopic (exact) mass is 326 g/mol. The summed E-state index contributed by atoms with van der Waals surface area (Å²) in [6, 6.07) is 6.12. The van der Waals surface area contributed by atoms with Crippen molar-refractivity contribution in [3.05, 3.63) is 24.3 Å². The first-order valence-corrected chi connectivity index (χ1v) is 8.89. The Morgan fingerprint density at radius 1 is 1.32 bits per heavy atom. The number of carbonyl (C=O) groups excluding carboxylic acids is 1. The van der Waals surface area contributed by atoms with Crippen LogP contribution in [0.25, 0.3) is 0 Å². The second kappa shape index (κ2) is 7.21. The standard InChI is InChI=1S/C15H22N2O4S/c1-11(2)10-16-22(19,20)13-7-5-12(6-8-13)17-15(18)14-4-3-9-21-14/h5-8,11,14,16H,3-4,9-10H2,1-2H3,(H,17,18)/t14-/m1/s1. The molecule has 0 aliphatic carbocycles. The predicted octanol–water partition coefficient (Wildman–Crippen LogP) is 1.74.